The van der Waals surface area contributed by atoms with Gasteiger partial charge >= 0.3 is 6.18 Å². The van der Waals surface area contributed by atoms with Crippen LogP contribution in [-0.4, -0.2) is 15.2 Å². The van der Waals surface area contributed by atoms with Crippen LogP contribution >= 0.6 is 0 Å². The third kappa shape index (κ3) is 2.87. The number of hydrogen-bond acceptors (Lipinski definition) is 4. The lowest BCUT2D eigenvalue weighted by atomic mass is 10.1. The molecule has 2 N–H and O–H groups in total. The molecule has 0 aliphatic heterocycles. The molecular weight excluding hydrogens is 257 g/mol. The summed E-state index contributed by atoms with van der Waals surface area (Å²) in [6, 6.07) is 3.28. The Morgan fingerprint density at radius 1 is 1.32 bits per heavy atom. The van der Waals surface area contributed by atoms with Crippen LogP contribution in [0.4, 0.5) is 13.2 Å². The van der Waals surface area contributed by atoms with Gasteiger partial charge in [0.1, 0.15) is 0 Å². The minimum atomic E-state index is -4.47. The van der Waals surface area contributed by atoms with Crippen molar-refractivity contribution in [2.45, 2.75) is 19.1 Å². The van der Waals surface area contributed by atoms with Gasteiger partial charge in [0, 0.05) is 17.8 Å². The van der Waals surface area contributed by atoms with Crippen molar-refractivity contribution in [1.29, 1.82) is 0 Å². The topological polar surface area (TPSA) is 64.7 Å². The maximum absolute atomic E-state index is 12.9. The summed E-state index contributed by atoms with van der Waals surface area (Å²) in [4.78, 5) is 3.79. The molecule has 0 radical (unpaired) electrons. The predicted octanol–water partition coefficient (Wildman–Crippen LogP) is 2.58. The fourth-order valence-corrected chi connectivity index (χ4v) is 1.60. The summed E-state index contributed by atoms with van der Waals surface area (Å²) in [5.41, 5.74) is 5.32. The molecule has 1 unspecified atom stereocenters. The lowest BCUT2D eigenvalue weighted by Crippen LogP contribution is -2.10. The van der Waals surface area contributed by atoms with Crippen LogP contribution in [0.5, 0.6) is 0 Å². The number of nitrogens with zero attached hydrogens (tertiary/aromatic N) is 3. The largest absolute Gasteiger partial charge is 0.418 e. The number of halogens is 3. The molecule has 1 atom stereocenters. The number of aromatic nitrogens is 3. The van der Waals surface area contributed by atoms with E-state index < -0.39 is 17.8 Å². The van der Waals surface area contributed by atoms with Crippen molar-refractivity contribution in [1.82, 2.24) is 15.2 Å². The number of hydrogen-bond donors (Lipinski definition) is 1. The van der Waals surface area contributed by atoms with Crippen molar-refractivity contribution in [2.75, 3.05) is 0 Å². The van der Waals surface area contributed by atoms with E-state index in [1.807, 2.05) is 0 Å². The summed E-state index contributed by atoms with van der Waals surface area (Å²) in [5, 5.41) is 7.44. The first kappa shape index (κ1) is 13.4. The summed E-state index contributed by atoms with van der Waals surface area (Å²) in [6.45, 7) is 1.68. The molecule has 0 saturated heterocycles. The molecule has 0 amide bonds. The Balaban J connectivity index is 2.56. The van der Waals surface area contributed by atoms with Crippen molar-refractivity contribution in [3.63, 3.8) is 0 Å². The molecule has 0 aromatic carbocycles. The van der Waals surface area contributed by atoms with Crippen LogP contribution in [0.1, 0.15) is 24.2 Å². The number of pyridine rings is 1. The van der Waals surface area contributed by atoms with E-state index in [-0.39, 0.29) is 11.3 Å². The first-order valence-corrected chi connectivity index (χ1v) is 5.50. The zero-order valence-electron chi connectivity index (χ0n) is 10.0. The van der Waals surface area contributed by atoms with Gasteiger partial charge in [-0.1, -0.05) is 0 Å². The molecule has 0 fully saturated rings. The molecule has 2 heterocycles. The van der Waals surface area contributed by atoms with Gasteiger partial charge < -0.3 is 5.73 Å². The van der Waals surface area contributed by atoms with Crippen molar-refractivity contribution in [2.24, 2.45) is 5.73 Å². The van der Waals surface area contributed by atoms with Gasteiger partial charge in [-0.15, -0.1) is 0 Å². The third-order valence-electron chi connectivity index (χ3n) is 2.53. The molecule has 0 saturated carbocycles. The number of nitrogens with two attached hydrogens (primary N) is 1. The lowest BCUT2D eigenvalue weighted by Gasteiger charge is -2.12. The maximum atomic E-state index is 12.9. The molecule has 0 spiro atoms. The molecular formula is C12H11F3N4. The van der Waals surface area contributed by atoms with Crippen LogP contribution in [-0.2, 0) is 6.18 Å². The van der Waals surface area contributed by atoms with Crippen LogP contribution in [0.3, 0.4) is 0 Å². The number of rotatable bonds is 2. The average molecular weight is 268 g/mol. The summed E-state index contributed by atoms with van der Waals surface area (Å²) in [7, 11) is 0. The third-order valence-corrected chi connectivity index (χ3v) is 2.53. The van der Waals surface area contributed by atoms with Crippen molar-refractivity contribution in [3.8, 4) is 11.3 Å². The van der Waals surface area contributed by atoms with E-state index in [4.69, 9.17) is 5.73 Å². The number of alkyl halides is 3. The second kappa shape index (κ2) is 4.93. The summed E-state index contributed by atoms with van der Waals surface area (Å²) >= 11 is 0. The van der Waals surface area contributed by atoms with Crippen LogP contribution in [0, 0.1) is 0 Å². The molecule has 2 aromatic heterocycles. The van der Waals surface area contributed by atoms with Crippen LogP contribution in [0.2, 0.25) is 0 Å². The lowest BCUT2D eigenvalue weighted by molar-refractivity contribution is -0.137. The van der Waals surface area contributed by atoms with Crippen molar-refractivity contribution in [3.05, 3.63) is 41.9 Å². The van der Waals surface area contributed by atoms with Gasteiger partial charge in [-0.3, -0.25) is 4.98 Å². The zero-order chi connectivity index (χ0) is 14.0. The summed E-state index contributed by atoms with van der Waals surface area (Å²) in [6.07, 6.45) is -1.93. The van der Waals surface area contributed by atoms with Crippen LogP contribution < -0.4 is 5.73 Å². The van der Waals surface area contributed by atoms with Gasteiger partial charge in [0.2, 0.25) is 0 Å². The van der Waals surface area contributed by atoms with E-state index in [1.54, 1.807) is 6.92 Å². The Labute approximate surface area is 107 Å². The second-order valence-electron chi connectivity index (χ2n) is 4.06. The normalized spacial score (nSPS) is 13.3. The first-order valence-electron chi connectivity index (χ1n) is 5.50. The van der Waals surface area contributed by atoms with Gasteiger partial charge in [0.25, 0.3) is 0 Å². The van der Waals surface area contributed by atoms with Gasteiger partial charge in [0.15, 0.2) is 0 Å². The van der Waals surface area contributed by atoms with Gasteiger partial charge in [-0.05, 0) is 25.1 Å². The Morgan fingerprint density at radius 2 is 2.05 bits per heavy atom. The molecule has 2 aromatic rings. The van der Waals surface area contributed by atoms with E-state index in [2.05, 4.69) is 15.2 Å². The minimum absolute atomic E-state index is 0.174. The SMILES string of the molecule is CC(N)c1cc(-c2ncccc2C(F)(F)F)cnn1. The molecule has 7 heteroatoms. The highest BCUT2D eigenvalue weighted by Gasteiger charge is 2.34. The molecule has 0 aliphatic rings. The Morgan fingerprint density at radius 3 is 2.68 bits per heavy atom. The quantitative estimate of drug-likeness (QED) is 0.909. The van der Waals surface area contributed by atoms with Crippen LogP contribution in [0.15, 0.2) is 30.6 Å². The monoisotopic (exact) mass is 268 g/mol. The Bertz CT molecular complexity index is 581. The Hall–Kier alpha value is -2.02. The average Bonchev–Trinajstić information content (AvgIpc) is 2.38. The van der Waals surface area contributed by atoms with E-state index in [1.165, 1.54) is 24.5 Å². The second-order valence-corrected chi connectivity index (χ2v) is 4.06. The van der Waals surface area contributed by atoms with E-state index >= 15 is 0 Å². The van der Waals surface area contributed by atoms with Crippen molar-refractivity contribution >= 4 is 0 Å². The molecule has 2 rings (SSSR count). The highest BCUT2D eigenvalue weighted by molar-refractivity contribution is 5.63. The molecule has 100 valence electrons. The fraction of sp³-hybridized carbons (Fsp3) is 0.250. The van der Waals surface area contributed by atoms with Gasteiger partial charge in [0.05, 0.1) is 23.1 Å². The smallest absolute Gasteiger partial charge is 0.323 e. The maximum Gasteiger partial charge on any atom is 0.418 e. The molecule has 0 aliphatic carbocycles. The predicted molar refractivity (Wildman–Crippen MR) is 62.9 cm³/mol. The highest BCUT2D eigenvalue weighted by Crippen LogP contribution is 2.35. The summed E-state index contributed by atoms with van der Waals surface area (Å²) in [5.74, 6) is 0. The minimum Gasteiger partial charge on any atom is -0.323 e. The summed E-state index contributed by atoms with van der Waals surface area (Å²) < 4.78 is 38.7. The van der Waals surface area contributed by atoms with E-state index in [9.17, 15) is 13.2 Å². The van der Waals surface area contributed by atoms with E-state index in [0.717, 1.165) is 6.07 Å². The van der Waals surface area contributed by atoms with Crippen LogP contribution in [0.25, 0.3) is 11.3 Å². The fourth-order valence-electron chi connectivity index (χ4n) is 1.60. The van der Waals surface area contributed by atoms with Gasteiger partial charge in [-0.2, -0.15) is 23.4 Å². The van der Waals surface area contributed by atoms with Gasteiger partial charge in [-0.25, -0.2) is 0 Å². The zero-order valence-corrected chi connectivity index (χ0v) is 10.0. The standard InChI is InChI=1S/C12H11F3N4/c1-7(16)10-5-8(6-18-19-10)11-9(12(13,14)15)3-2-4-17-11/h2-7H,16H2,1H3. The highest BCUT2D eigenvalue weighted by atomic mass is 19.4. The first-order chi connectivity index (χ1) is 8.89. The molecule has 4 nitrogen and oxygen atoms in total. The Kier molecular flexibility index (Phi) is 3.48. The molecule has 19 heavy (non-hydrogen) atoms. The van der Waals surface area contributed by atoms with E-state index in [0.29, 0.717) is 5.69 Å². The van der Waals surface area contributed by atoms with Crippen molar-refractivity contribution < 1.29 is 13.2 Å². The molecule has 0 bridgehead atoms.